The summed E-state index contributed by atoms with van der Waals surface area (Å²) in [5.74, 6) is 0.222. The van der Waals surface area contributed by atoms with Crippen LogP contribution in [0.25, 0.3) is 0 Å². The van der Waals surface area contributed by atoms with Crippen molar-refractivity contribution in [3.05, 3.63) is 0 Å². The third-order valence-electron chi connectivity index (χ3n) is 3.14. The number of likely N-dealkylation sites (tertiary alicyclic amines) is 1. The maximum absolute atomic E-state index is 3.58. The molecule has 2 saturated heterocycles. The van der Waals surface area contributed by atoms with Gasteiger partial charge in [-0.05, 0) is 26.9 Å². The maximum atomic E-state index is 3.58. The highest BCUT2D eigenvalue weighted by Crippen LogP contribution is 2.29. The highest BCUT2D eigenvalue weighted by atomic mass is 15.5. The Labute approximate surface area is 68.4 Å². The number of hydrogen-bond donors (Lipinski definition) is 1. The molecule has 2 aliphatic heterocycles. The molecule has 2 aliphatic rings. The van der Waals surface area contributed by atoms with Crippen LogP contribution in [0.5, 0.6) is 0 Å². The molecule has 11 heavy (non-hydrogen) atoms. The monoisotopic (exact) mass is 155 g/mol. The lowest BCUT2D eigenvalue weighted by atomic mass is 10.2. The molecule has 1 atom stereocenters. The Bertz CT molecular complexity index is 139. The van der Waals surface area contributed by atoms with Crippen LogP contribution >= 0.6 is 0 Å². The minimum absolute atomic E-state index is 0.222. The number of likely N-dealkylation sites (N-methyl/N-ethyl adjacent to an activating group) is 1. The molecular weight excluding hydrogens is 138 g/mol. The van der Waals surface area contributed by atoms with Crippen LogP contribution in [-0.4, -0.2) is 49.3 Å². The first-order valence-electron chi connectivity index (χ1n) is 4.43. The van der Waals surface area contributed by atoms with E-state index in [-0.39, 0.29) is 5.79 Å². The van der Waals surface area contributed by atoms with Gasteiger partial charge in [0.1, 0.15) is 5.79 Å². The molecule has 3 nitrogen and oxygen atoms in total. The zero-order valence-electron chi connectivity index (χ0n) is 7.43. The summed E-state index contributed by atoms with van der Waals surface area (Å²) < 4.78 is 0. The Morgan fingerprint density at radius 2 is 1.91 bits per heavy atom. The summed E-state index contributed by atoms with van der Waals surface area (Å²) in [6.45, 7) is 3.56. The van der Waals surface area contributed by atoms with Crippen molar-refractivity contribution >= 4 is 0 Å². The molecule has 2 heterocycles. The SMILES string of the molecule is CN1CCCC12NCCN2C. The van der Waals surface area contributed by atoms with E-state index in [1.54, 1.807) is 0 Å². The minimum Gasteiger partial charge on any atom is -0.285 e. The largest absolute Gasteiger partial charge is 0.285 e. The molecule has 1 N–H and O–H groups in total. The van der Waals surface area contributed by atoms with Gasteiger partial charge in [0.2, 0.25) is 0 Å². The molecule has 0 radical (unpaired) electrons. The van der Waals surface area contributed by atoms with Gasteiger partial charge >= 0.3 is 0 Å². The second kappa shape index (κ2) is 2.44. The van der Waals surface area contributed by atoms with Crippen LogP contribution in [0.1, 0.15) is 12.8 Å². The van der Waals surface area contributed by atoms with Crippen molar-refractivity contribution in [3.63, 3.8) is 0 Å². The molecule has 0 saturated carbocycles. The van der Waals surface area contributed by atoms with Crippen molar-refractivity contribution < 1.29 is 0 Å². The summed E-state index contributed by atoms with van der Waals surface area (Å²) in [5.41, 5.74) is 0. The van der Waals surface area contributed by atoms with E-state index in [1.807, 2.05) is 0 Å². The van der Waals surface area contributed by atoms with Crippen molar-refractivity contribution in [2.75, 3.05) is 33.7 Å². The van der Waals surface area contributed by atoms with Crippen molar-refractivity contribution in [2.45, 2.75) is 18.6 Å². The molecule has 0 aromatic carbocycles. The molecule has 2 rings (SSSR count). The van der Waals surface area contributed by atoms with Crippen LogP contribution < -0.4 is 5.32 Å². The molecule has 1 spiro atoms. The molecule has 0 aromatic rings. The van der Waals surface area contributed by atoms with Gasteiger partial charge in [0.25, 0.3) is 0 Å². The third kappa shape index (κ3) is 0.916. The predicted molar refractivity (Wildman–Crippen MR) is 45.2 cm³/mol. The number of nitrogens with zero attached hydrogens (tertiary/aromatic N) is 2. The van der Waals surface area contributed by atoms with Crippen LogP contribution in [0.15, 0.2) is 0 Å². The standard InChI is InChI=1S/C8H17N3/c1-10-6-3-4-8(10)9-5-7-11(8)2/h9H,3-7H2,1-2H3. The van der Waals surface area contributed by atoms with E-state index in [2.05, 4.69) is 29.2 Å². The third-order valence-corrected chi connectivity index (χ3v) is 3.14. The normalized spacial score (nSPS) is 40.9. The van der Waals surface area contributed by atoms with Crippen LogP contribution in [-0.2, 0) is 0 Å². The van der Waals surface area contributed by atoms with Gasteiger partial charge in [0, 0.05) is 19.6 Å². The molecule has 2 fully saturated rings. The second-order valence-corrected chi connectivity index (χ2v) is 3.69. The van der Waals surface area contributed by atoms with E-state index in [0.29, 0.717) is 0 Å². The molecular formula is C8H17N3. The van der Waals surface area contributed by atoms with Crippen LogP contribution in [0, 0.1) is 0 Å². The average molecular weight is 155 g/mol. The fourth-order valence-electron chi connectivity index (χ4n) is 2.39. The van der Waals surface area contributed by atoms with Gasteiger partial charge in [-0.15, -0.1) is 0 Å². The van der Waals surface area contributed by atoms with Crippen LogP contribution in [0.3, 0.4) is 0 Å². The Kier molecular flexibility index (Phi) is 1.67. The van der Waals surface area contributed by atoms with Crippen LogP contribution in [0.4, 0.5) is 0 Å². The summed E-state index contributed by atoms with van der Waals surface area (Å²) in [6.07, 6.45) is 2.60. The van der Waals surface area contributed by atoms with E-state index in [0.717, 1.165) is 6.54 Å². The van der Waals surface area contributed by atoms with E-state index in [1.165, 1.54) is 25.9 Å². The van der Waals surface area contributed by atoms with Gasteiger partial charge in [-0.3, -0.25) is 15.1 Å². The summed E-state index contributed by atoms with van der Waals surface area (Å²) in [5, 5.41) is 3.58. The lowest BCUT2D eigenvalue weighted by Gasteiger charge is -2.38. The van der Waals surface area contributed by atoms with Gasteiger partial charge in [-0.25, -0.2) is 0 Å². The summed E-state index contributed by atoms with van der Waals surface area (Å²) in [6, 6.07) is 0. The van der Waals surface area contributed by atoms with E-state index in [4.69, 9.17) is 0 Å². The lowest BCUT2D eigenvalue weighted by Crippen LogP contribution is -2.57. The molecule has 0 bridgehead atoms. The number of hydrogen-bond acceptors (Lipinski definition) is 3. The van der Waals surface area contributed by atoms with Crippen molar-refractivity contribution in [1.29, 1.82) is 0 Å². The van der Waals surface area contributed by atoms with Crippen LogP contribution in [0.2, 0.25) is 0 Å². The molecule has 3 heteroatoms. The van der Waals surface area contributed by atoms with Gasteiger partial charge in [0.15, 0.2) is 0 Å². The summed E-state index contributed by atoms with van der Waals surface area (Å²) >= 11 is 0. The van der Waals surface area contributed by atoms with Gasteiger partial charge in [0.05, 0.1) is 0 Å². The lowest BCUT2D eigenvalue weighted by molar-refractivity contribution is 0.0190. The highest BCUT2D eigenvalue weighted by Gasteiger charge is 2.44. The summed E-state index contributed by atoms with van der Waals surface area (Å²) in [4.78, 5) is 4.86. The predicted octanol–water partition coefficient (Wildman–Crippen LogP) is -0.0992. The summed E-state index contributed by atoms with van der Waals surface area (Å²) in [7, 11) is 4.42. The molecule has 1 unspecified atom stereocenters. The van der Waals surface area contributed by atoms with E-state index < -0.39 is 0 Å². The Hall–Kier alpha value is -0.120. The number of nitrogens with one attached hydrogen (secondary N) is 1. The van der Waals surface area contributed by atoms with Gasteiger partial charge in [-0.1, -0.05) is 0 Å². The van der Waals surface area contributed by atoms with Gasteiger partial charge < -0.3 is 0 Å². The Balaban J connectivity index is 2.19. The molecule has 64 valence electrons. The molecule has 0 aliphatic carbocycles. The van der Waals surface area contributed by atoms with Crippen molar-refractivity contribution in [1.82, 2.24) is 15.1 Å². The second-order valence-electron chi connectivity index (χ2n) is 3.69. The van der Waals surface area contributed by atoms with Gasteiger partial charge in [-0.2, -0.15) is 0 Å². The highest BCUT2D eigenvalue weighted by molar-refractivity contribution is 4.94. The van der Waals surface area contributed by atoms with Crippen molar-refractivity contribution in [2.24, 2.45) is 0 Å². The molecule has 0 amide bonds. The fraction of sp³-hybridized carbons (Fsp3) is 1.00. The quantitative estimate of drug-likeness (QED) is 0.527. The first-order chi connectivity index (χ1) is 5.26. The average Bonchev–Trinajstić information content (AvgIpc) is 2.48. The Morgan fingerprint density at radius 3 is 2.36 bits per heavy atom. The smallest absolute Gasteiger partial charge is 0.128 e. The van der Waals surface area contributed by atoms with E-state index >= 15 is 0 Å². The Morgan fingerprint density at radius 1 is 1.18 bits per heavy atom. The maximum Gasteiger partial charge on any atom is 0.128 e. The van der Waals surface area contributed by atoms with E-state index in [9.17, 15) is 0 Å². The first kappa shape index (κ1) is 7.53. The number of rotatable bonds is 0. The first-order valence-corrected chi connectivity index (χ1v) is 4.43. The zero-order valence-corrected chi connectivity index (χ0v) is 7.43. The minimum atomic E-state index is 0.222. The zero-order chi connectivity index (χ0) is 7.90. The molecule has 0 aromatic heterocycles. The fourth-order valence-corrected chi connectivity index (χ4v) is 2.39. The van der Waals surface area contributed by atoms with Crippen molar-refractivity contribution in [3.8, 4) is 0 Å². The topological polar surface area (TPSA) is 18.5 Å².